The van der Waals surface area contributed by atoms with E-state index in [1.807, 2.05) is 4.90 Å². The van der Waals surface area contributed by atoms with Crippen molar-refractivity contribution in [3.8, 4) is 0 Å². The van der Waals surface area contributed by atoms with E-state index >= 15 is 0 Å². The van der Waals surface area contributed by atoms with E-state index in [1.165, 1.54) is 47.3 Å². The average molecular weight is 577 g/mol. The van der Waals surface area contributed by atoms with Gasteiger partial charge in [-0.2, -0.15) is 0 Å². The highest BCUT2D eigenvalue weighted by Crippen LogP contribution is 2.22. The van der Waals surface area contributed by atoms with Crippen LogP contribution in [0.15, 0.2) is 42.6 Å². The molecule has 2 heterocycles. The van der Waals surface area contributed by atoms with Gasteiger partial charge in [-0.1, -0.05) is 29.8 Å². The molecular formula is C27H31ClF2N6O4. The molecule has 4 rings (SSSR count). The number of carbonyl (C=O) groups is 3. The van der Waals surface area contributed by atoms with E-state index in [0.717, 1.165) is 5.56 Å². The molecule has 2 aromatic carbocycles. The summed E-state index contributed by atoms with van der Waals surface area (Å²) in [7, 11) is 0. The summed E-state index contributed by atoms with van der Waals surface area (Å²) in [5.41, 5.74) is 7.28. The van der Waals surface area contributed by atoms with E-state index < -0.39 is 30.0 Å². The van der Waals surface area contributed by atoms with Crippen LogP contribution in [0.4, 0.5) is 13.6 Å². The first-order valence-electron chi connectivity index (χ1n) is 12.8. The fourth-order valence-corrected chi connectivity index (χ4v) is 4.87. The molecule has 214 valence electrons. The topological polar surface area (TPSA) is 106 Å². The van der Waals surface area contributed by atoms with Gasteiger partial charge in [0.15, 0.2) is 6.23 Å². The smallest absolute Gasteiger partial charge is 0.314 e. The van der Waals surface area contributed by atoms with Gasteiger partial charge in [-0.15, -0.1) is 0 Å². The Kier molecular flexibility index (Phi) is 10.2. The number of fused-ring (bicyclic) bond motifs is 1. The number of hydroxylamine groups is 1. The van der Waals surface area contributed by atoms with Crippen molar-refractivity contribution in [2.24, 2.45) is 0 Å². The first-order chi connectivity index (χ1) is 19.3. The van der Waals surface area contributed by atoms with Crippen LogP contribution in [0.3, 0.4) is 0 Å². The Labute approximate surface area is 235 Å². The first-order valence-corrected chi connectivity index (χ1v) is 13.2. The number of rotatable bonds is 10. The van der Waals surface area contributed by atoms with Crippen molar-refractivity contribution in [2.75, 3.05) is 26.2 Å². The zero-order chi connectivity index (χ0) is 28.6. The van der Waals surface area contributed by atoms with Crippen molar-refractivity contribution >= 4 is 35.9 Å². The number of nitrogens with one attached hydrogen (secondary N) is 3. The van der Waals surface area contributed by atoms with Crippen LogP contribution < -0.4 is 16.2 Å². The van der Waals surface area contributed by atoms with Crippen LogP contribution in [0.25, 0.3) is 6.08 Å². The molecule has 10 nitrogen and oxygen atoms in total. The van der Waals surface area contributed by atoms with E-state index in [-0.39, 0.29) is 30.4 Å². The molecule has 0 aromatic heterocycles. The van der Waals surface area contributed by atoms with E-state index in [4.69, 9.17) is 16.4 Å². The Balaban J connectivity index is 1.51. The van der Waals surface area contributed by atoms with Gasteiger partial charge in [0.25, 0.3) is 0 Å². The zero-order valence-corrected chi connectivity index (χ0v) is 22.7. The van der Waals surface area contributed by atoms with Crippen molar-refractivity contribution in [3.63, 3.8) is 0 Å². The lowest BCUT2D eigenvalue weighted by Gasteiger charge is -2.42. The highest BCUT2D eigenvalue weighted by Gasteiger charge is 2.36. The minimum atomic E-state index is -0.911. The lowest BCUT2D eigenvalue weighted by Crippen LogP contribution is -2.62. The molecule has 40 heavy (non-hydrogen) atoms. The molecule has 2 aliphatic heterocycles. The predicted octanol–water partition coefficient (Wildman–Crippen LogP) is 2.79. The number of halogens is 3. The second-order valence-corrected chi connectivity index (χ2v) is 9.77. The summed E-state index contributed by atoms with van der Waals surface area (Å²) >= 11 is 6.09. The van der Waals surface area contributed by atoms with Gasteiger partial charge < -0.3 is 10.1 Å². The van der Waals surface area contributed by atoms with Gasteiger partial charge >= 0.3 is 6.03 Å². The number of amides is 3. The number of nitrogens with zero attached hydrogens (tertiary/aromatic N) is 3. The number of hydrogen-bond donors (Lipinski definition) is 3. The van der Waals surface area contributed by atoms with E-state index in [0.29, 0.717) is 43.6 Å². The van der Waals surface area contributed by atoms with Gasteiger partial charge in [0.1, 0.15) is 17.9 Å². The molecule has 0 spiro atoms. The van der Waals surface area contributed by atoms with Crippen LogP contribution >= 0.6 is 11.6 Å². The van der Waals surface area contributed by atoms with Crippen LogP contribution in [0.5, 0.6) is 0 Å². The molecule has 2 atom stereocenters. The summed E-state index contributed by atoms with van der Waals surface area (Å²) in [5.74, 6) is -1.38. The maximum atomic E-state index is 14.0. The monoisotopic (exact) mass is 576 g/mol. The quantitative estimate of drug-likeness (QED) is 0.295. The van der Waals surface area contributed by atoms with Crippen LogP contribution in [-0.4, -0.2) is 71.5 Å². The standard InChI is InChI=1S/C27H31ClF2N6O4/c1-18(38)36(32-16-20-3-2-4-23(30)25(20)28)24(8-14-37)26(34-12-9-31-10-13-34)40-33-27(39)35-11-7-19-15-22(29)6-5-21(19)17-35/h2-7,11,14-15,24,26,31-32H,8-10,12-13,16-17H2,1H3,(H,33,39)/t24-,26?/m0/s1. The summed E-state index contributed by atoms with van der Waals surface area (Å²) in [6, 6.07) is 7.25. The van der Waals surface area contributed by atoms with Gasteiger partial charge in [-0.3, -0.25) is 24.4 Å². The highest BCUT2D eigenvalue weighted by molar-refractivity contribution is 6.31. The van der Waals surface area contributed by atoms with E-state index in [2.05, 4.69) is 16.2 Å². The number of aldehydes is 1. The summed E-state index contributed by atoms with van der Waals surface area (Å²) in [6.07, 6.45) is 2.79. The van der Waals surface area contributed by atoms with Crippen molar-refractivity contribution in [1.82, 2.24) is 31.0 Å². The van der Waals surface area contributed by atoms with Crippen LogP contribution in [0.2, 0.25) is 5.02 Å². The second-order valence-electron chi connectivity index (χ2n) is 9.39. The lowest BCUT2D eigenvalue weighted by atomic mass is 10.0. The van der Waals surface area contributed by atoms with Crippen LogP contribution in [-0.2, 0) is 27.5 Å². The molecule has 3 N–H and O–H groups in total. The van der Waals surface area contributed by atoms with E-state index in [1.54, 1.807) is 18.2 Å². The van der Waals surface area contributed by atoms with Crippen LogP contribution in [0, 0.1) is 11.6 Å². The lowest BCUT2D eigenvalue weighted by molar-refractivity contribution is -0.164. The Hall–Kier alpha value is -3.42. The van der Waals surface area contributed by atoms with Gasteiger partial charge in [0.2, 0.25) is 5.91 Å². The normalized spacial score (nSPS) is 16.6. The number of urea groups is 1. The van der Waals surface area contributed by atoms with E-state index in [9.17, 15) is 23.2 Å². The molecule has 1 unspecified atom stereocenters. The van der Waals surface area contributed by atoms with Crippen LogP contribution in [0.1, 0.15) is 30.0 Å². The van der Waals surface area contributed by atoms with Crippen molar-refractivity contribution in [2.45, 2.75) is 38.7 Å². The fourth-order valence-electron chi connectivity index (χ4n) is 4.68. The third-order valence-electron chi connectivity index (χ3n) is 6.73. The summed E-state index contributed by atoms with van der Waals surface area (Å²) < 4.78 is 27.5. The van der Waals surface area contributed by atoms with Crippen molar-refractivity contribution in [3.05, 3.63) is 75.9 Å². The number of hydrazine groups is 1. The molecule has 13 heteroatoms. The third kappa shape index (κ3) is 7.20. The first kappa shape index (κ1) is 29.6. The maximum absolute atomic E-state index is 14.0. The summed E-state index contributed by atoms with van der Waals surface area (Å²) in [5, 5.41) is 4.41. The maximum Gasteiger partial charge on any atom is 0.345 e. The molecule has 3 amide bonds. The number of piperazine rings is 1. The number of hydrogen-bond acceptors (Lipinski definition) is 7. The predicted molar refractivity (Wildman–Crippen MR) is 144 cm³/mol. The summed E-state index contributed by atoms with van der Waals surface area (Å²) in [4.78, 5) is 46.8. The zero-order valence-electron chi connectivity index (χ0n) is 21.9. The second kappa shape index (κ2) is 13.8. The highest BCUT2D eigenvalue weighted by atomic mass is 35.5. The SMILES string of the molecule is CC(=O)N(NCc1cccc(F)c1Cl)[C@@H](CC=O)C(ONC(=O)N1C=Cc2cc(F)ccc2C1)N1CCNCC1. The molecule has 0 aliphatic carbocycles. The Bertz CT molecular complexity index is 1260. The average Bonchev–Trinajstić information content (AvgIpc) is 2.95. The minimum absolute atomic E-state index is 0.00470. The molecular weight excluding hydrogens is 546 g/mol. The van der Waals surface area contributed by atoms with Gasteiger partial charge in [0, 0.05) is 52.3 Å². The van der Waals surface area contributed by atoms with Crippen molar-refractivity contribution in [1.29, 1.82) is 0 Å². The molecule has 1 fully saturated rings. The molecule has 1 saturated heterocycles. The van der Waals surface area contributed by atoms with Crippen molar-refractivity contribution < 1.29 is 28.0 Å². The molecule has 0 bridgehead atoms. The largest absolute Gasteiger partial charge is 0.345 e. The number of carbonyl (C=O) groups excluding carboxylic acids is 3. The molecule has 2 aliphatic rings. The Morgan fingerprint density at radius 1 is 1.23 bits per heavy atom. The Morgan fingerprint density at radius 3 is 2.73 bits per heavy atom. The minimum Gasteiger partial charge on any atom is -0.314 e. The Morgan fingerprint density at radius 2 is 2.00 bits per heavy atom. The molecule has 0 saturated carbocycles. The molecule has 0 radical (unpaired) electrons. The number of benzene rings is 2. The van der Waals surface area contributed by atoms with Gasteiger partial charge in [-0.25, -0.2) is 24.5 Å². The fraction of sp³-hybridized carbons (Fsp3) is 0.370. The summed E-state index contributed by atoms with van der Waals surface area (Å²) in [6.45, 7) is 3.86. The van der Waals surface area contributed by atoms with Gasteiger partial charge in [0.05, 0.1) is 17.6 Å². The molecule has 2 aromatic rings. The third-order valence-corrected chi connectivity index (χ3v) is 7.15. The van der Waals surface area contributed by atoms with Gasteiger partial charge in [-0.05, 0) is 41.0 Å².